The van der Waals surface area contributed by atoms with Crippen LogP contribution < -0.4 is 5.56 Å². The molecule has 0 saturated heterocycles. The van der Waals surface area contributed by atoms with Gasteiger partial charge in [-0.25, -0.2) is 13.6 Å². The third kappa shape index (κ3) is 5.92. The maximum Gasteiger partial charge on any atom is 0.417 e. The molecule has 6 nitrogen and oxygen atoms in total. The largest absolute Gasteiger partial charge is 0.417 e. The Morgan fingerprint density at radius 1 is 0.950 bits per heavy atom. The van der Waals surface area contributed by atoms with Crippen LogP contribution in [0.1, 0.15) is 27.0 Å². The Morgan fingerprint density at radius 2 is 1.62 bits per heavy atom. The molecule has 0 saturated carbocycles. The van der Waals surface area contributed by atoms with Crippen molar-refractivity contribution in [2.45, 2.75) is 12.7 Å². The highest BCUT2D eigenvalue weighted by Crippen LogP contribution is 2.35. The highest BCUT2D eigenvalue weighted by atomic mass is 19.4. The Balaban J connectivity index is 1.86. The molecule has 40 heavy (non-hydrogen) atoms. The Hall–Kier alpha value is -4.82. The van der Waals surface area contributed by atoms with Gasteiger partial charge in [0, 0.05) is 25.7 Å². The smallest absolute Gasteiger partial charge is 0.364 e. The second-order valence-corrected chi connectivity index (χ2v) is 8.90. The fraction of sp³-hybridized carbons (Fsp3) is 0.138. The number of aromatic nitrogens is 1. The van der Waals surface area contributed by atoms with Crippen molar-refractivity contribution in [2.75, 3.05) is 14.1 Å². The van der Waals surface area contributed by atoms with Crippen molar-refractivity contribution in [3.8, 4) is 28.5 Å². The van der Waals surface area contributed by atoms with E-state index in [1.165, 1.54) is 35.4 Å². The van der Waals surface area contributed by atoms with Gasteiger partial charge in [-0.3, -0.25) is 4.79 Å². The lowest BCUT2D eigenvalue weighted by Gasteiger charge is -2.18. The second-order valence-electron chi connectivity index (χ2n) is 8.90. The summed E-state index contributed by atoms with van der Waals surface area (Å²) >= 11 is 0. The van der Waals surface area contributed by atoms with Gasteiger partial charge >= 0.3 is 12.1 Å². The molecule has 0 N–H and O–H groups in total. The van der Waals surface area contributed by atoms with Crippen molar-refractivity contribution in [3.05, 3.63) is 117 Å². The maximum absolute atomic E-state index is 14.5. The van der Waals surface area contributed by atoms with Crippen LogP contribution in [0.4, 0.5) is 22.0 Å². The Morgan fingerprint density at radius 3 is 2.23 bits per heavy atom. The number of benzene rings is 3. The first-order chi connectivity index (χ1) is 18.9. The average molecular weight is 553 g/mol. The van der Waals surface area contributed by atoms with Gasteiger partial charge in [-0.05, 0) is 47.0 Å². The highest BCUT2D eigenvalue weighted by molar-refractivity contribution is 5.90. The van der Waals surface area contributed by atoms with E-state index in [0.717, 1.165) is 16.7 Å². The molecule has 1 heterocycles. The first-order valence-electron chi connectivity index (χ1n) is 11.7. The van der Waals surface area contributed by atoms with Gasteiger partial charge in [-0.2, -0.15) is 18.4 Å². The number of carbonyl (C=O) groups excluding carboxylic acids is 1. The Bertz CT molecular complexity index is 1690. The summed E-state index contributed by atoms with van der Waals surface area (Å²) in [6.07, 6.45) is -5.02. The van der Waals surface area contributed by atoms with Gasteiger partial charge in [0.2, 0.25) is 0 Å². The van der Waals surface area contributed by atoms with Gasteiger partial charge < -0.3 is 9.40 Å². The molecule has 0 radical (unpaired) electrons. The van der Waals surface area contributed by atoms with E-state index >= 15 is 0 Å². The van der Waals surface area contributed by atoms with Crippen LogP contribution in [-0.2, 0) is 17.6 Å². The quantitative estimate of drug-likeness (QED) is 0.215. The lowest BCUT2D eigenvalue weighted by molar-refractivity contribution is -0.137. The molecule has 1 aromatic heterocycles. The number of hydrogen-bond acceptors (Lipinski definition) is 5. The van der Waals surface area contributed by atoms with E-state index in [2.05, 4.69) is 0 Å². The van der Waals surface area contributed by atoms with Gasteiger partial charge in [-0.1, -0.05) is 36.4 Å². The molecule has 204 valence electrons. The minimum Gasteiger partial charge on any atom is -0.364 e. The van der Waals surface area contributed by atoms with Crippen molar-refractivity contribution in [1.82, 2.24) is 9.63 Å². The third-order valence-electron chi connectivity index (χ3n) is 5.94. The standard InChI is InChI=1S/C29H20F5N3O3/c1-36(2)40-28(39)18-8-6-17(7-9-18)19-4-3-5-20(12-19)26-14-24(29(32,33)34)23(15-35)27(38)37(26)16-21-10-11-22(30)13-25(21)31/h3-14H,16H2,1-2H3. The van der Waals surface area contributed by atoms with E-state index < -0.39 is 47.0 Å². The van der Waals surface area contributed by atoms with Crippen LogP contribution in [0.25, 0.3) is 22.4 Å². The topological polar surface area (TPSA) is 75.3 Å². The zero-order chi connectivity index (χ0) is 29.2. The third-order valence-corrected chi connectivity index (χ3v) is 5.94. The fourth-order valence-corrected chi connectivity index (χ4v) is 4.07. The van der Waals surface area contributed by atoms with E-state index in [-0.39, 0.29) is 22.4 Å². The van der Waals surface area contributed by atoms with Crippen molar-refractivity contribution in [2.24, 2.45) is 0 Å². The van der Waals surface area contributed by atoms with Crippen LogP contribution in [0, 0.1) is 23.0 Å². The van der Waals surface area contributed by atoms with Crippen LogP contribution in [-0.4, -0.2) is 29.7 Å². The number of halogens is 5. The maximum atomic E-state index is 14.5. The van der Waals surface area contributed by atoms with E-state index in [1.54, 1.807) is 38.4 Å². The number of rotatable bonds is 6. The summed E-state index contributed by atoms with van der Waals surface area (Å²) in [6.45, 7) is -0.556. The summed E-state index contributed by atoms with van der Waals surface area (Å²) in [5.74, 6) is -2.45. The summed E-state index contributed by atoms with van der Waals surface area (Å²) < 4.78 is 70.3. The van der Waals surface area contributed by atoms with Crippen LogP contribution in [0.5, 0.6) is 0 Å². The molecular formula is C29H20F5N3O3. The van der Waals surface area contributed by atoms with Gasteiger partial charge in [0.05, 0.1) is 23.4 Å². The lowest BCUT2D eigenvalue weighted by Crippen LogP contribution is -2.29. The van der Waals surface area contributed by atoms with E-state index in [4.69, 9.17) is 4.84 Å². The molecule has 3 aromatic carbocycles. The van der Waals surface area contributed by atoms with Crippen LogP contribution in [0.3, 0.4) is 0 Å². The molecule has 0 aliphatic heterocycles. The number of alkyl halides is 3. The van der Waals surface area contributed by atoms with Crippen molar-refractivity contribution >= 4 is 5.97 Å². The first-order valence-corrected chi connectivity index (χ1v) is 11.7. The minimum absolute atomic E-state index is 0.162. The molecule has 0 spiro atoms. The number of carbonyl (C=O) groups is 1. The fourth-order valence-electron chi connectivity index (χ4n) is 4.07. The van der Waals surface area contributed by atoms with Gasteiger partial charge in [0.1, 0.15) is 23.3 Å². The summed E-state index contributed by atoms with van der Waals surface area (Å²) in [5, 5.41) is 10.6. The SMILES string of the molecule is CN(C)OC(=O)c1ccc(-c2cccc(-c3cc(C(F)(F)F)c(C#N)c(=O)n3Cc3ccc(F)cc3F)c2)cc1. The van der Waals surface area contributed by atoms with Gasteiger partial charge in [0.25, 0.3) is 5.56 Å². The van der Waals surface area contributed by atoms with Gasteiger partial charge in [0.15, 0.2) is 0 Å². The van der Waals surface area contributed by atoms with E-state index in [1.807, 2.05) is 0 Å². The second kappa shape index (κ2) is 11.1. The zero-order valence-corrected chi connectivity index (χ0v) is 21.1. The first kappa shape index (κ1) is 28.2. The molecule has 0 fully saturated rings. The molecule has 4 aromatic rings. The molecular weight excluding hydrogens is 533 g/mol. The number of hydroxylamine groups is 2. The number of nitrogens with zero attached hydrogens (tertiary/aromatic N) is 3. The summed E-state index contributed by atoms with van der Waals surface area (Å²) in [7, 11) is 3.10. The molecule has 4 rings (SSSR count). The molecule has 0 atom stereocenters. The van der Waals surface area contributed by atoms with Crippen LogP contribution >= 0.6 is 0 Å². The predicted octanol–water partition coefficient (Wildman–Crippen LogP) is 6.03. The number of hydrogen-bond donors (Lipinski definition) is 0. The summed E-state index contributed by atoms with van der Waals surface area (Å²) in [6, 6.07) is 17.1. The monoisotopic (exact) mass is 553 g/mol. The van der Waals surface area contributed by atoms with Crippen molar-refractivity contribution in [1.29, 1.82) is 5.26 Å². The molecule has 0 aliphatic rings. The molecule has 0 aliphatic carbocycles. The molecule has 0 amide bonds. The minimum atomic E-state index is -5.02. The number of pyridine rings is 1. The Kier molecular flexibility index (Phi) is 7.84. The summed E-state index contributed by atoms with van der Waals surface area (Å²) in [5.41, 5.74) is -2.66. The number of nitriles is 1. The molecule has 11 heteroatoms. The summed E-state index contributed by atoms with van der Waals surface area (Å²) in [4.78, 5) is 30.3. The van der Waals surface area contributed by atoms with E-state index in [0.29, 0.717) is 23.3 Å². The van der Waals surface area contributed by atoms with Gasteiger partial charge in [-0.15, -0.1) is 5.06 Å². The van der Waals surface area contributed by atoms with Crippen molar-refractivity contribution < 1.29 is 31.6 Å². The molecule has 0 unspecified atom stereocenters. The van der Waals surface area contributed by atoms with E-state index in [9.17, 15) is 36.8 Å². The van der Waals surface area contributed by atoms with Crippen molar-refractivity contribution in [3.63, 3.8) is 0 Å². The lowest BCUT2D eigenvalue weighted by atomic mass is 9.98. The Labute approximate surface area is 225 Å². The normalized spacial score (nSPS) is 11.4. The predicted molar refractivity (Wildman–Crippen MR) is 136 cm³/mol. The van der Waals surface area contributed by atoms with Crippen LogP contribution in [0.2, 0.25) is 0 Å². The highest BCUT2D eigenvalue weighted by Gasteiger charge is 2.36. The average Bonchev–Trinajstić information content (AvgIpc) is 2.90. The van der Waals surface area contributed by atoms with Crippen LogP contribution in [0.15, 0.2) is 77.6 Å². The molecule has 0 bridgehead atoms. The zero-order valence-electron chi connectivity index (χ0n) is 21.1.